The van der Waals surface area contributed by atoms with Crippen LogP contribution in [0.5, 0.6) is 0 Å². The summed E-state index contributed by atoms with van der Waals surface area (Å²) in [7, 11) is 1.68. The van der Waals surface area contributed by atoms with Crippen LogP contribution in [0.1, 0.15) is 44.3 Å². The first kappa shape index (κ1) is 15.9. The molecule has 2 rings (SSSR count). The first-order chi connectivity index (χ1) is 9.37. The van der Waals surface area contributed by atoms with Gasteiger partial charge in [0.05, 0.1) is 22.4 Å². The molecule has 1 aromatic rings. The Morgan fingerprint density at radius 3 is 2.60 bits per heavy atom. The largest absolute Gasteiger partial charge is 0.390 e. The molecule has 4 nitrogen and oxygen atoms in total. The Labute approximate surface area is 125 Å². The highest BCUT2D eigenvalue weighted by atomic mass is 32.1. The first-order valence-corrected chi connectivity index (χ1v) is 8.01. The molecular formula is C15H25NO3S. The second-order valence-corrected chi connectivity index (χ2v) is 7.42. The number of rotatable bonds is 4. The van der Waals surface area contributed by atoms with E-state index in [0.717, 1.165) is 23.5 Å². The van der Waals surface area contributed by atoms with E-state index in [9.17, 15) is 5.11 Å². The molecule has 114 valence electrons. The molecule has 0 amide bonds. The van der Waals surface area contributed by atoms with Crippen molar-refractivity contribution >= 4 is 11.3 Å². The maximum absolute atomic E-state index is 10.6. The van der Waals surface area contributed by atoms with Crippen LogP contribution in [-0.2, 0) is 21.3 Å². The minimum absolute atomic E-state index is 0.0529. The van der Waals surface area contributed by atoms with Crippen LogP contribution < -0.4 is 0 Å². The van der Waals surface area contributed by atoms with Crippen molar-refractivity contribution in [1.29, 1.82) is 0 Å². The van der Waals surface area contributed by atoms with Crippen LogP contribution in [0.2, 0.25) is 0 Å². The molecule has 1 aliphatic rings. The number of hydrogen-bond acceptors (Lipinski definition) is 5. The fourth-order valence-corrected chi connectivity index (χ4v) is 3.55. The van der Waals surface area contributed by atoms with Gasteiger partial charge in [-0.1, -0.05) is 20.8 Å². The van der Waals surface area contributed by atoms with Crippen LogP contribution in [-0.4, -0.2) is 42.1 Å². The van der Waals surface area contributed by atoms with Gasteiger partial charge in [0.2, 0.25) is 0 Å². The lowest BCUT2D eigenvalue weighted by atomic mass is 9.86. The lowest BCUT2D eigenvalue weighted by Crippen LogP contribution is -2.49. The van der Waals surface area contributed by atoms with Gasteiger partial charge in [-0.15, -0.1) is 11.3 Å². The van der Waals surface area contributed by atoms with E-state index < -0.39 is 11.7 Å². The third-order valence-corrected chi connectivity index (χ3v) is 4.91. The predicted molar refractivity (Wildman–Crippen MR) is 80.3 cm³/mol. The van der Waals surface area contributed by atoms with Gasteiger partial charge in [-0.05, 0) is 0 Å². The molecule has 1 atom stereocenters. The summed E-state index contributed by atoms with van der Waals surface area (Å²) < 4.78 is 11.0. The zero-order valence-electron chi connectivity index (χ0n) is 12.8. The second kappa shape index (κ2) is 6.10. The van der Waals surface area contributed by atoms with Crippen molar-refractivity contribution in [2.75, 3.05) is 20.3 Å². The molecule has 0 aromatic carbocycles. The van der Waals surface area contributed by atoms with Crippen molar-refractivity contribution in [1.82, 2.24) is 4.98 Å². The predicted octanol–water partition coefficient (Wildman–Crippen LogP) is 2.54. The molecular weight excluding hydrogens is 274 g/mol. The molecule has 1 aliphatic heterocycles. The first-order valence-electron chi connectivity index (χ1n) is 7.13. The Morgan fingerprint density at radius 2 is 2.10 bits per heavy atom. The number of thiazole rings is 1. The number of methoxy groups -OCH3 is 1. The second-order valence-electron chi connectivity index (χ2n) is 6.48. The molecule has 1 N–H and O–H groups in total. The molecule has 1 aromatic heterocycles. The summed E-state index contributed by atoms with van der Waals surface area (Å²) in [6.45, 7) is 7.75. The maximum Gasteiger partial charge on any atom is 0.0984 e. The quantitative estimate of drug-likeness (QED) is 0.928. The van der Waals surface area contributed by atoms with Crippen LogP contribution >= 0.6 is 11.3 Å². The van der Waals surface area contributed by atoms with E-state index >= 15 is 0 Å². The summed E-state index contributed by atoms with van der Waals surface area (Å²) in [5, 5.41) is 13.6. The lowest BCUT2D eigenvalue weighted by molar-refractivity contribution is -0.151. The van der Waals surface area contributed by atoms with Crippen LogP contribution in [0.4, 0.5) is 0 Å². The summed E-state index contributed by atoms with van der Waals surface area (Å²) in [6.07, 6.45) is 1.49. The van der Waals surface area contributed by atoms with E-state index in [4.69, 9.17) is 9.47 Å². The SMILES string of the molecule is COC1(C(O)Cc2nc(C(C)(C)C)cs2)CCOCC1. The average molecular weight is 299 g/mol. The van der Waals surface area contributed by atoms with Gasteiger partial charge in [0.15, 0.2) is 0 Å². The van der Waals surface area contributed by atoms with Crippen LogP contribution in [0.3, 0.4) is 0 Å². The summed E-state index contributed by atoms with van der Waals surface area (Å²) in [5.41, 5.74) is 0.659. The third-order valence-electron chi connectivity index (χ3n) is 4.04. The van der Waals surface area contributed by atoms with E-state index in [1.54, 1.807) is 18.4 Å². The van der Waals surface area contributed by atoms with Crippen LogP contribution in [0.15, 0.2) is 5.38 Å². The minimum Gasteiger partial charge on any atom is -0.390 e. The summed E-state index contributed by atoms with van der Waals surface area (Å²) in [5.74, 6) is 0. The Hall–Kier alpha value is -0.490. The van der Waals surface area contributed by atoms with Crippen molar-refractivity contribution in [3.63, 3.8) is 0 Å². The van der Waals surface area contributed by atoms with E-state index in [-0.39, 0.29) is 5.41 Å². The van der Waals surface area contributed by atoms with Gasteiger partial charge in [-0.25, -0.2) is 4.98 Å². The molecule has 1 unspecified atom stereocenters. The zero-order chi connectivity index (χ0) is 14.8. The van der Waals surface area contributed by atoms with Crippen LogP contribution in [0, 0.1) is 0 Å². The van der Waals surface area contributed by atoms with E-state index in [2.05, 4.69) is 31.1 Å². The van der Waals surface area contributed by atoms with Gasteiger partial charge >= 0.3 is 0 Å². The molecule has 0 aliphatic carbocycles. The normalized spacial score (nSPS) is 20.9. The van der Waals surface area contributed by atoms with Crippen LogP contribution in [0.25, 0.3) is 0 Å². The molecule has 1 fully saturated rings. The van der Waals surface area contributed by atoms with Crippen molar-refractivity contribution in [3.05, 3.63) is 16.1 Å². The minimum atomic E-state index is -0.532. The smallest absolute Gasteiger partial charge is 0.0984 e. The van der Waals surface area contributed by atoms with Gasteiger partial charge in [0.1, 0.15) is 0 Å². The zero-order valence-corrected chi connectivity index (χ0v) is 13.6. The van der Waals surface area contributed by atoms with Gasteiger partial charge in [-0.2, -0.15) is 0 Å². The van der Waals surface area contributed by atoms with Gasteiger partial charge in [-0.3, -0.25) is 0 Å². The molecule has 0 spiro atoms. The number of nitrogens with zero attached hydrogens (tertiary/aromatic N) is 1. The highest BCUT2D eigenvalue weighted by Gasteiger charge is 2.40. The van der Waals surface area contributed by atoms with E-state index in [1.165, 1.54) is 0 Å². The highest BCUT2D eigenvalue weighted by molar-refractivity contribution is 7.09. The highest BCUT2D eigenvalue weighted by Crippen LogP contribution is 2.31. The van der Waals surface area contributed by atoms with Gasteiger partial charge < -0.3 is 14.6 Å². The van der Waals surface area contributed by atoms with Crippen molar-refractivity contribution in [3.8, 4) is 0 Å². The number of aliphatic hydroxyl groups is 1. The monoisotopic (exact) mass is 299 g/mol. The number of hydrogen-bond donors (Lipinski definition) is 1. The molecule has 0 saturated carbocycles. The fourth-order valence-electron chi connectivity index (χ4n) is 2.49. The van der Waals surface area contributed by atoms with Gasteiger partial charge in [0, 0.05) is 50.4 Å². The van der Waals surface area contributed by atoms with E-state index in [1.807, 2.05) is 0 Å². The number of ether oxygens (including phenoxy) is 2. The Bertz CT molecular complexity index is 433. The standard InChI is InChI=1S/C15H25NO3S/c1-14(2,3)11-10-20-13(16-11)9-12(17)15(18-4)5-7-19-8-6-15/h10,12,17H,5-9H2,1-4H3. The number of aliphatic hydroxyl groups excluding tert-OH is 1. The fraction of sp³-hybridized carbons (Fsp3) is 0.800. The molecule has 0 radical (unpaired) electrons. The molecule has 20 heavy (non-hydrogen) atoms. The molecule has 2 heterocycles. The average Bonchev–Trinajstić information content (AvgIpc) is 2.88. The third kappa shape index (κ3) is 3.39. The Kier molecular flexibility index (Phi) is 4.84. The van der Waals surface area contributed by atoms with Gasteiger partial charge in [0.25, 0.3) is 0 Å². The summed E-state index contributed by atoms with van der Waals surface area (Å²) in [6, 6.07) is 0. The summed E-state index contributed by atoms with van der Waals surface area (Å²) in [4.78, 5) is 4.65. The number of aromatic nitrogens is 1. The Balaban J connectivity index is 2.06. The van der Waals surface area contributed by atoms with E-state index in [0.29, 0.717) is 19.6 Å². The van der Waals surface area contributed by atoms with Crippen molar-refractivity contribution in [2.45, 2.75) is 57.2 Å². The lowest BCUT2D eigenvalue weighted by Gasteiger charge is -2.39. The van der Waals surface area contributed by atoms with Crippen molar-refractivity contribution in [2.24, 2.45) is 0 Å². The Morgan fingerprint density at radius 1 is 1.45 bits per heavy atom. The maximum atomic E-state index is 10.6. The summed E-state index contributed by atoms with van der Waals surface area (Å²) >= 11 is 1.62. The van der Waals surface area contributed by atoms with Crippen molar-refractivity contribution < 1.29 is 14.6 Å². The molecule has 5 heteroatoms. The molecule has 0 bridgehead atoms. The topological polar surface area (TPSA) is 51.6 Å². The molecule has 1 saturated heterocycles.